The summed E-state index contributed by atoms with van der Waals surface area (Å²) in [6.07, 6.45) is 7.22. The minimum Gasteiger partial charge on any atom is -0.497 e. The number of anilines is 1. The quantitative estimate of drug-likeness (QED) is 0.231. The van der Waals surface area contributed by atoms with Gasteiger partial charge in [0.2, 0.25) is 0 Å². The molecule has 0 spiro atoms. The number of rotatable bonds is 8. The first-order valence-corrected chi connectivity index (χ1v) is 15.0. The SMILES string of the molecule is C=C.CC.COc1ccc(OC)c(S(=O)N2CCCC(c3cc(NCc4cccnc4)n4ncc(Br)c4n3)C2)c1. The molecule has 0 aliphatic carbocycles. The zero-order valence-corrected chi connectivity index (χ0v) is 25.9. The summed E-state index contributed by atoms with van der Waals surface area (Å²) in [4.78, 5) is 9.74. The van der Waals surface area contributed by atoms with Crippen molar-refractivity contribution in [2.75, 3.05) is 32.6 Å². The van der Waals surface area contributed by atoms with Crippen LogP contribution >= 0.6 is 15.9 Å². The normalized spacial score (nSPS) is 15.7. The van der Waals surface area contributed by atoms with E-state index in [0.717, 1.165) is 46.6 Å². The van der Waals surface area contributed by atoms with Crippen LogP contribution in [-0.2, 0) is 17.5 Å². The van der Waals surface area contributed by atoms with Gasteiger partial charge in [-0.15, -0.1) is 13.2 Å². The number of ether oxygens (including phenoxy) is 2. The highest BCUT2D eigenvalue weighted by molar-refractivity contribution is 9.10. The van der Waals surface area contributed by atoms with E-state index in [-0.39, 0.29) is 5.92 Å². The predicted molar refractivity (Wildman–Crippen MR) is 164 cm³/mol. The van der Waals surface area contributed by atoms with Gasteiger partial charge < -0.3 is 14.8 Å². The highest BCUT2D eigenvalue weighted by Crippen LogP contribution is 2.34. The first-order valence-electron chi connectivity index (χ1n) is 13.1. The lowest BCUT2D eigenvalue weighted by atomic mass is 9.96. The summed E-state index contributed by atoms with van der Waals surface area (Å²) in [6.45, 7) is 12.0. The number of halogens is 1. The predicted octanol–water partition coefficient (Wildman–Crippen LogP) is 6.25. The van der Waals surface area contributed by atoms with Gasteiger partial charge in [0.1, 0.15) is 33.2 Å². The van der Waals surface area contributed by atoms with Crippen LogP contribution < -0.4 is 14.8 Å². The van der Waals surface area contributed by atoms with Crippen LogP contribution in [0.25, 0.3) is 5.65 Å². The summed E-state index contributed by atoms with van der Waals surface area (Å²) in [7, 11) is 1.79. The van der Waals surface area contributed by atoms with Crippen LogP contribution in [0.15, 0.2) is 77.5 Å². The first-order chi connectivity index (χ1) is 19.6. The van der Waals surface area contributed by atoms with Crippen molar-refractivity contribution in [3.63, 3.8) is 0 Å². The Morgan fingerprint density at radius 2 is 1.95 bits per heavy atom. The Morgan fingerprint density at radius 3 is 2.65 bits per heavy atom. The number of nitrogens with zero attached hydrogens (tertiary/aromatic N) is 5. The van der Waals surface area contributed by atoms with Crippen LogP contribution in [0, 0.1) is 0 Å². The fourth-order valence-electron chi connectivity index (χ4n) is 4.38. The van der Waals surface area contributed by atoms with E-state index in [1.54, 1.807) is 49.3 Å². The number of pyridine rings is 1. The van der Waals surface area contributed by atoms with Gasteiger partial charge in [-0.05, 0) is 52.5 Å². The number of nitrogens with one attached hydrogen (secondary N) is 1. The fraction of sp³-hybridized carbons (Fsp3) is 0.345. The molecule has 1 saturated heterocycles. The Labute approximate surface area is 247 Å². The fourth-order valence-corrected chi connectivity index (χ4v) is 6.16. The number of piperidine rings is 1. The molecular formula is C29H37BrN6O3S. The topological polar surface area (TPSA) is 93.9 Å². The Bertz CT molecular complexity index is 1400. The van der Waals surface area contributed by atoms with Gasteiger partial charge in [-0.1, -0.05) is 19.9 Å². The first kappa shape index (κ1) is 31.3. The summed E-state index contributed by atoms with van der Waals surface area (Å²) in [6, 6.07) is 11.4. The van der Waals surface area contributed by atoms with Crippen LogP contribution in [0.4, 0.5) is 5.82 Å². The van der Waals surface area contributed by atoms with Crippen molar-refractivity contribution in [1.82, 2.24) is 23.9 Å². The van der Waals surface area contributed by atoms with E-state index in [2.05, 4.69) is 44.5 Å². The molecule has 0 amide bonds. The van der Waals surface area contributed by atoms with Crippen LogP contribution in [0.2, 0.25) is 0 Å². The Morgan fingerprint density at radius 1 is 1.15 bits per heavy atom. The van der Waals surface area contributed by atoms with Crippen molar-refractivity contribution in [1.29, 1.82) is 0 Å². The van der Waals surface area contributed by atoms with Gasteiger partial charge in [0.25, 0.3) is 0 Å². The van der Waals surface area contributed by atoms with Crippen LogP contribution in [-0.4, -0.2) is 55.4 Å². The molecule has 4 heterocycles. The second-order valence-corrected chi connectivity index (χ2v) is 10.8. The van der Waals surface area contributed by atoms with Crippen LogP contribution in [0.5, 0.6) is 11.5 Å². The average molecular weight is 630 g/mol. The standard InChI is InChI=1S/C25H27BrN6O3S.C2H6.C2H4/c1-34-19-7-8-22(35-2)23(11-19)36(33)31-10-4-6-18(16-31)21-12-24(28-14-17-5-3-9-27-13-17)32-25(30-21)20(26)15-29-32;2*1-2/h3,5,7-9,11-13,15,18,28H,4,6,10,14,16H2,1-2H3;1-2H3;1-2H2. The van der Waals surface area contributed by atoms with Gasteiger partial charge in [-0.2, -0.15) is 9.61 Å². The maximum absolute atomic E-state index is 13.6. The van der Waals surface area contributed by atoms with Crippen molar-refractivity contribution in [2.24, 2.45) is 0 Å². The number of benzene rings is 1. The van der Waals surface area contributed by atoms with Gasteiger partial charge >= 0.3 is 0 Å². The molecule has 1 N–H and O–H groups in total. The minimum atomic E-state index is -1.39. The molecule has 0 radical (unpaired) electrons. The van der Waals surface area contributed by atoms with Crippen molar-refractivity contribution >= 4 is 38.4 Å². The van der Waals surface area contributed by atoms with Crippen LogP contribution in [0.3, 0.4) is 0 Å². The van der Waals surface area contributed by atoms with E-state index in [9.17, 15) is 4.21 Å². The van der Waals surface area contributed by atoms with E-state index in [1.807, 2.05) is 42.5 Å². The van der Waals surface area contributed by atoms with Crippen molar-refractivity contribution in [3.8, 4) is 11.5 Å². The number of methoxy groups -OCH3 is 2. The summed E-state index contributed by atoms with van der Waals surface area (Å²) >= 11 is 3.58. The molecule has 4 aromatic rings. The zero-order chi connectivity index (χ0) is 29.1. The van der Waals surface area contributed by atoms with E-state index in [1.165, 1.54) is 0 Å². The molecule has 0 saturated carbocycles. The molecule has 9 nitrogen and oxygen atoms in total. The molecule has 1 aliphatic rings. The summed E-state index contributed by atoms with van der Waals surface area (Å²) < 4.78 is 29.1. The molecule has 1 fully saturated rings. The molecule has 0 bridgehead atoms. The second-order valence-electron chi connectivity index (χ2n) is 8.50. The lowest BCUT2D eigenvalue weighted by Crippen LogP contribution is -2.36. The maximum Gasteiger partial charge on any atom is 0.171 e. The Balaban J connectivity index is 0.00000106. The average Bonchev–Trinajstić information content (AvgIpc) is 3.42. The third-order valence-corrected chi connectivity index (χ3v) is 8.30. The summed E-state index contributed by atoms with van der Waals surface area (Å²) in [5.74, 6) is 2.19. The minimum absolute atomic E-state index is 0.116. The van der Waals surface area contributed by atoms with Crippen molar-refractivity contribution < 1.29 is 13.7 Å². The smallest absolute Gasteiger partial charge is 0.171 e. The molecule has 214 valence electrons. The molecule has 2 unspecified atom stereocenters. The summed E-state index contributed by atoms with van der Waals surface area (Å²) in [5.41, 5.74) is 2.76. The van der Waals surface area contributed by atoms with Gasteiger partial charge in [0, 0.05) is 50.1 Å². The second kappa shape index (κ2) is 15.5. The van der Waals surface area contributed by atoms with E-state index in [0.29, 0.717) is 29.5 Å². The molecule has 5 rings (SSSR count). The van der Waals surface area contributed by atoms with Crippen molar-refractivity contribution in [2.45, 2.75) is 44.0 Å². The summed E-state index contributed by atoms with van der Waals surface area (Å²) in [5, 5.41) is 7.96. The van der Waals surface area contributed by atoms with Gasteiger partial charge in [-0.25, -0.2) is 13.5 Å². The molecule has 2 atom stereocenters. The number of aromatic nitrogens is 4. The lowest BCUT2D eigenvalue weighted by Gasteiger charge is -2.31. The molecule has 3 aromatic heterocycles. The highest BCUT2D eigenvalue weighted by Gasteiger charge is 2.29. The Hall–Kier alpha value is -3.28. The highest BCUT2D eigenvalue weighted by atomic mass is 79.9. The van der Waals surface area contributed by atoms with Gasteiger partial charge in [0.15, 0.2) is 5.65 Å². The third-order valence-electron chi connectivity index (χ3n) is 6.24. The monoisotopic (exact) mass is 628 g/mol. The number of fused-ring (bicyclic) bond motifs is 1. The molecule has 1 aliphatic heterocycles. The van der Waals surface area contributed by atoms with Crippen molar-refractivity contribution in [3.05, 3.63) is 83.9 Å². The zero-order valence-electron chi connectivity index (χ0n) is 23.5. The van der Waals surface area contributed by atoms with Crippen LogP contribution in [0.1, 0.15) is 43.9 Å². The number of hydrogen-bond donors (Lipinski definition) is 1. The van der Waals surface area contributed by atoms with E-state index < -0.39 is 11.0 Å². The van der Waals surface area contributed by atoms with E-state index in [4.69, 9.17) is 14.5 Å². The lowest BCUT2D eigenvalue weighted by molar-refractivity contribution is 0.325. The molecule has 1 aromatic carbocycles. The number of hydrogen-bond acceptors (Lipinski definition) is 7. The van der Waals surface area contributed by atoms with Gasteiger partial charge in [0.05, 0.1) is 30.6 Å². The molecule has 40 heavy (non-hydrogen) atoms. The van der Waals surface area contributed by atoms with E-state index >= 15 is 0 Å². The molecule has 11 heteroatoms. The Kier molecular flexibility index (Phi) is 12.1. The third kappa shape index (κ3) is 7.26. The largest absolute Gasteiger partial charge is 0.497 e. The molecular weight excluding hydrogens is 592 g/mol. The maximum atomic E-state index is 13.6. The van der Waals surface area contributed by atoms with Gasteiger partial charge in [-0.3, -0.25) is 4.98 Å².